The first kappa shape index (κ1) is 27.2. The van der Waals surface area contributed by atoms with Crippen molar-refractivity contribution in [2.75, 3.05) is 13.2 Å². The number of rotatable bonds is 20. The highest BCUT2D eigenvalue weighted by Gasteiger charge is 2.53. The van der Waals surface area contributed by atoms with Gasteiger partial charge in [-0.25, -0.2) is 13.7 Å². The quantitative estimate of drug-likeness (QED) is 0.0926. The van der Waals surface area contributed by atoms with Gasteiger partial charge in [-0.2, -0.15) is 14.1 Å². The number of hydrogen-bond acceptors (Lipinski definition) is 8. The standard InChI is InChI=1S/C18H38O9P2/c1-4-6-8-10-12-14-16-22-29(21,23-17-15-13-11-9-7-5-2)27-28(19,20)26-18(3)24-25-18/h4-17H2,1-3H3,(H,19,20). The molecule has 1 aliphatic heterocycles. The Bertz CT molecular complexity index is 503. The topological polar surface area (TPSA) is 116 Å². The van der Waals surface area contributed by atoms with Crippen molar-refractivity contribution in [1.29, 1.82) is 0 Å². The Balaban J connectivity index is 2.43. The second-order valence-corrected chi connectivity index (χ2v) is 10.5. The molecule has 0 aliphatic carbocycles. The lowest BCUT2D eigenvalue weighted by atomic mass is 10.1. The van der Waals surface area contributed by atoms with Crippen molar-refractivity contribution >= 4 is 15.6 Å². The van der Waals surface area contributed by atoms with Crippen LogP contribution in [0, 0.1) is 0 Å². The molecular formula is C18H38O9P2. The summed E-state index contributed by atoms with van der Waals surface area (Å²) in [5, 5.41) is 0. The van der Waals surface area contributed by atoms with Crippen molar-refractivity contribution in [3.8, 4) is 0 Å². The van der Waals surface area contributed by atoms with Crippen LogP contribution in [-0.4, -0.2) is 24.1 Å². The molecule has 0 bridgehead atoms. The lowest BCUT2D eigenvalue weighted by molar-refractivity contribution is 0.0362. The third-order valence-electron chi connectivity index (χ3n) is 4.30. The molecule has 1 rings (SSSR count). The fourth-order valence-electron chi connectivity index (χ4n) is 2.64. The summed E-state index contributed by atoms with van der Waals surface area (Å²) in [6, 6.07) is 0. The molecule has 1 atom stereocenters. The van der Waals surface area contributed by atoms with Crippen LogP contribution in [0.1, 0.15) is 97.8 Å². The highest BCUT2D eigenvalue weighted by molar-refractivity contribution is 7.61. The van der Waals surface area contributed by atoms with Crippen LogP contribution in [0.25, 0.3) is 0 Å². The highest BCUT2D eigenvalue weighted by atomic mass is 31.3. The van der Waals surface area contributed by atoms with Crippen LogP contribution in [0.5, 0.6) is 0 Å². The van der Waals surface area contributed by atoms with Crippen LogP contribution < -0.4 is 0 Å². The van der Waals surface area contributed by atoms with E-state index in [9.17, 15) is 14.0 Å². The molecule has 1 N–H and O–H groups in total. The maximum absolute atomic E-state index is 12.8. The van der Waals surface area contributed by atoms with E-state index in [0.717, 1.165) is 51.4 Å². The van der Waals surface area contributed by atoms with E-state index in [0.29, 0.717) is 12.8 Å². The van der Waals surface area contributed by atoms with Crippen LogP contribution in [0.4, 0.5) is 0 Å². The van der Waals surface area contributed by atoms with Gasteiger partial charge in [0.15, 0.2) is 0 Å². The molecule has 1 saturated heterocycles. The summed E-state index contributed by atoms with van der Waals surface area (Å²) in [5.74, 6) is -1.69. The third-order valence-corrected chi connectivity index (χ3v) is 7.48. The first-order valence-electron chi connectivity index (χ1n) is 10.7. The first-order chi connectivity index (χ1) is 13.7. The number of unbranched alkanes of at least 4 members (excludes halogenated alkanes) is 10. The van der Waals surface area contributed by atoms with E-state index in [2.05, 4.69) is 28.1 Å². The summed E-state index contributed by atoms with van der Waals surface area (Å²) >= 11 is 0. The van der Waals surface area contributed by atoms with Crippen LogP contribution in [0.3, 0.4) is 0 Å². The van der Waals surface area contributed by atoms with Gasteiger partial charge in [0, 0.05) is 6.92 Å². The zero-order valence-corrected chi connectivity index (χ0v) is 19.8. The fraction of sp³-hybridized carbons (Fsp3) is 1.00. The maximum atomic E-state index is 12.8. The predicted molar refractivity (Wildman–Crippen MR) is 109 cm³/mol. The van der Waals surface area contributed by atoms with Crippen molar-refractivity contribution in [2.24, 2.45) is 0 Å². The molecule has 1 fully saturated rings. The van der Waals surface area contributed by atoms with Crippen molar-refractivity contribution < 1.29 is 41.7 Å². The maximum Gasteiger partial charge on any atom is 0.485 e. The van der Waals surface area contributed by atoms with Crippen molar-refractivity contribution in [3.05, 3.63) is 0 Å². The fourth-order valence-corrected chi connectivity index (χ4v) is 5.42. The molecule has 0 spiro atoms. The van der Waals surface area contributed by atoms with E-state index in [1.165, 1.54) is 19.8 Å². The van der Waals surface area contributed by atoms with Crippen molar-refractivity contribution in [3.63, 3.8) is 0 Å². The molecular weight excluding hydrogens is 422 g/mol. The predicted octanol–water partition coefficient (Wildman–Crippen LogP) is 6.62. The summed E-state index contributed by atoms with van der Waals surface area (Å²) in [6.07, 6.45) is 12.2. The molecule has 9 nitrogen and oxygen atoms in total. The smallest absolute Gasteiger partial charge is 0.302 e. The molecule has 174 valence electrons. The lowest BCUT2D eigenvalue weighted by Gasteiger charge is -2.20. The Kier molecular flexibility index (Phi) is 13.4. The minimum Gasteiger partial charge on any atom is -0.302 e. The van der Waals surface area contributed by atoms with Gasteiger partial charge in [0.1, 0.15) is 0 Å². The molecule has 11 heteroatoms. The van der Waals surface area contributed by atoms with Crippen LogP contribution in [-0.2, 0) is 36.8 Å². The lowest BCUT2D eigenvalue weighted by Crippen LogP contribution is -2.10. The van der Waals surface area contributed by atoms with Crippen LogP contribution >= 0.6 is 15.6 Å². The Hall–Kier alpha value is 0.180. The average molecular weight is 460 g/mol. The van der Waals surface area contributed by atoms with E-state index >= 15 is 0 Å². The molecule has 0 radical (unpaired) electrons. The van der Waals surface area contributed by atoms with Gasteiger partial charge in [-0.05, 0) is 12.8 Å². The second-order valence-electron chi connectivity index (χ2n) is 7.32. The molecule has 1 aliphatic rings. The minimum atomic E-state index is -4.78. The van der Waals surface area contributed by atoms with Gasteiger partial charge in [-0.15, -0.1) is 0 Å². The third kappa shape index (κ3) is 14.0. The van der Waals surface area contributed by atoms with Gasteiger partial charge < -0.3 is 4.89 Å². The van der Waals surface area contributed by atoms with E-state index in [1.807, 2.05) is 0 Å². The van der Waals surface area contributed by atoms with Crippen molar-refractivity contribution in [1.82, 2.24) is 0 Å². The molecule has 0 aromatic rings. The van der Waals surface area contributed by atoms with E-state index in [1.54, 1.807) is 0 Å². The molecule has 1 heterocycles. The first-order valence-corrected chi connectivity index (χ1v) is 13.7. The highest BCUT2D eigenvalue weighted by Crippen LogP contribution is 2.65. The van der Waals surface area contributed by atoms with Gasteiger partial charge in [0.25, 0.3) is 0 Å². The van der Waals surface area contributed by atoms with E-state index < -0.39 is 21.6 Å². The summed E-state index contributed by atoms with van der Waals surface area (Å²) in [4.78, 5) is 18.7. The molecule has 0 aromatic heterocycles. The normalized spacial score (nSPS) is 17.9. The van der Waals surface area contributed by atoms with Gasteiger partial charge in [-0.3, -0.25) is 9.05 Å². The monoisotopic (exact) mass is 460 g/mol. The molecule has 0 aromatic carbocycles. The number of phosphoric acid groups is 2. The van der Waals surface area contributed by atoms with Gasteiger partial charge >= 0.3 is 21.6 Å². The van der Waals surface area contributed by atoms with Gasteiger partial charge in [-0.1, -0.05) is 78.1 Å². The van der Waals surface area contributed by atoms with Crippen LogP contribution in [0.2, 0.25) is 0 Å². The van der Waals surface area contributed by atoms with E-state index in [4.69, 9.17) is 13.4 Å². The Morgan fingerprint density at radius 2 is 1.17 bits per heavy atom. The van der Waals surface area contributed by atoms with E-state index in [-0.39, 0.29) is 13.2 Å². The summed E-state index contributed by atoms with van der Waals surface area (Å²) in [6.45, 7) is 5.77. The average Bonchev–Trinajstić information content (AvgIpc) is 3.35. The Labute approximate surface area is 174 Å². The summed E-state index contributed by atoms with van der Waals surface area (Å²) in [7, 11) is -9.05. The molecule has 29 heavy (non-hydrogen) atoms. The number of phosphoric ester groups is 2. The molecule has 0 amide bonds. The summed E-state index contributed by atoms with van der Waals surface area (Å²) < 4.78 is 45.0. The zero-order chi connectivity index (χ0) is 21.6. The SMILES string of the molecule is CCCCCCCCOP(=O)(OCCCCCCCC)OP(=O)(O)OC1(C)OO1. The summed E-state index contributed by atoms with van der Waals surface area (Å²) in [5.41, 5.74) is 0. The second kappa shape index (κ2) is 14.3. The minimum absolute atomic E-state index is 0.101. The van der Waals surface area contributed by atoms with Gasteiger partial charge in [0.05, 0.1) is 13.2 Å². The Morgan fingerprint density at radius 3 is 1.59 bits per heavy atom. The van der Waals surface area contributed by atoms with Gasteiger partial charge in [0.2, 0.25) is 0 Å². The largest absolute Gasteiger partial charge is 0.485 e. The van der Waals surface area contributed by atoms with Crippen LogP contribution in [0.15, 0.2) is 0 Å². The Morgan fingerprint density at radius 1 is 0.759 bits per heavy atom. The zero-order valence-electron chi connectivity index (χ0n) is 18.0. The molecule has 1 unspecified atom stereocenters. The number of hydrogen-bond donors (Lipinski definition) is 1. The van der Waals surface area contributed by atoms with Crippen molar-refractivity contribution in [2.45, 2.75) is 104 Å². The molecule has 0 saturated carbocycles.